The molecular weight excluding hydrogens is 268 g/mol. The average molecular weight is 288 g/mol. The Bertz CT molecular complexity index is 647. The van der Waals surface area contributed by atoms with Gasteiger partial charge in [-0.25, -0.2) is 0 Å². The summed E-state index contributed by atoms with van der Waals surface area (Å²) in [5, 5.41) is 9.56. The number of aryl methyl sites for hydroxylation is 1. The normalized spacial score (nSPS) is 10.9. The maximum absolute atomic E-state index is 12.7. The number of hydrogen-bond donors (Lipinski definition) is 2. The number of amides is 1. The fourth-order valence-corrected chi connectivity index (χ4v) is 2.11. The van der Waals surface area contributed by atoms with E-state index >= 15 is 0 Å². The molecule has 2 aromatic rings. The van der Waals surface area contributed by atoms with E-state index in [0.29, 0.717) is 23.6 Å². The molecule has 0 saturated heterocycles. The SMILES string of the molecule is Cc1ccc(CN(C(=O)c2cc(O)ccc2N)C(C)C)o1. The minimum Gasteiger partial charge on any atom is -0.508 e. The molecule has 0 aliphatic rings. The van der Waals surface area contributed by atoms with Crippen LogP contribution in [0, 0.1) is 6.92 Å². The second-order valence-electron chi connectivity index (χ2n) is 5.31. The molecule has 1 aromatic heterocycles. The van der Waals surface area contributed by atoms with Crippen LogP contribution in [-0.4, -0.2) is 22.0 Å². The van der Waals surface area contributed by atoms with E-state index in [1.54, 1.807) is 4.90 Å². The first-order chi connectivity index (χ1) is 9.88. The molecule has 0 atom stereocenters. The molecule has 21 heavy (non-hydrogen) atoms. The quantitative estimate of drug-likeness (QED) is 0.669. The zero-order valence-electron chi connectivity index (χ0n) is 12.5. The van der Waals surface area contributed by atoms with Crippen molar-refractivity contribution < 1.29 is 14.3 Å². The number of phenols is 1. The lowest BCUT2D eigenvalue weighted by Gasteiger charge is -2.26. The highest BCUT2D eigenvalue weighted by atomic mass is 16.3. The van der Waals surface area contributed by atoms with Gasteiger partial charge in [0.1, 0.15) is 17.3 Å². The van der Waals surface area contributed by atoms with Gasteiger partial charge in [0.25, 0.3) is 5.91 Å². The van der Waals surface area contributed by atoms with E-state index in [2.05, 4.69) is 0 Å². The van der Waals surface area contributed by atoms with Gasteiger partial charge in [-0.3, -0.25) is 4.79 Å². The number of carbonyl (C=O) groups is 1. The summed E-state index contributed by atoms with van der Waals surface area (Å²) < 4.78 is 5.53. The van der Waals surface area contributed by atoms with Crippen molar-refractivity contribution in [2.75, 3.05) is 5.73 Å². The molecule has 0 saturated carbocycles. The highest BCUT2D eigenvalue weighted by Gasteiger charge is 2.22. The number of nitrogens with zero attached hydrogens (tertiary/aromatic N) is 1. The molecule has 5 nitrogen and oxygen atoms in total. The van der Waals surface area contributed by atoms with Gasteiger partial charge in [0.05, 0.1) is 12.1 Å². The van der Waals surface area contributed by atoms with Crippen molar-refractivity contribution in [1.29, 1.82) is 0 Å². The predicted octanol–water partition coefficient (Wildman–Crippen LogP) is 2.93. The van der Waals surface area contributed by atoms with Crippen LogP contribution in [0.3, 0.4) is 0 Å². The number of nitrogen functional groups attached to an aromatic ring is 1. The van der Waals surface area contributed by atoms with E-state index in [-0.39, 0.29) is 17.7 Å². The summed E-state index contributed by atoms with van der Waals surface area (Å²) in [7, 11) is 0. The number of anilines is 1. The number of rotatable bonds is 4. The first-order valence-corrected chi connectivity index (χ1v) is 6.83. The minimum absolute atomic E-state index is 0.0186. The number of benzene rings is 1. The van der Waals surface area contributed by atoms with Crippen molar-refractivity contribution >= 4 is 11.6 Å². The zero-order chi connectivity index (χ0) is 15.6. The Labute approximate surface area is 124 Å². The maximum Gasteiger partial charge on any atom is 0.256 e. The molecule has 1 heterocycles. The lowest BCUT2D eigenvalue weighted by molar-refractivity contribution is 0.0676. The monoisotopic (exact) mass is 288 g/mol. The van der Waals surface area contributed by atoms with Crippen LogP contribution in [0.5, 0.6) is 5.75 Å². The first kappa shape index (κ1) is 15.0. The van der Waals surface area contributed by atoms with Crippen LogP contribution in [0.15, 0.2) is 34.7 Å². The van der Waals surface area contributed by atoms with Crippen molar-refractivity contribution in [3.05, 3.63) is 47.4 Å². The van der Waals surface area contributed by atoms with Crippen molar-refractivity contribution in [3.63, 3.8) is 0 Å². The Morgan fingerprint density at radius 3 is 2.62 bits per heavy atom. The number of nitrogens with two attached hydrogens (primary N) is 1. The molecule has 0 radical (unpaired) electrons. The number of aromatic hydroxyl groups is 1. The number of hydrogen-bond acceptors (Lipinski definition) is 4. The number of carbonyl (C=O) groups excluding carboxylic acids is 1. The van der Waals surface area contributed by atoms with Gasteiger partial charge in [0.2, 0.25) is 0 Å². The lowest BCUT2D eigenvalue weighted by Crippen LogP contribution is -2.36. The molecular formula is C16H20N2O3. The fraction of sp³-hybridized carbons (Fsp3) is 0.312. The van der Waals surface area contributed by atoms with Crippen LogP contribution in [0.1, 0.15) is 35.7 Å². The Kier molecular flexibility index (Phi) is 4.21. The van der Waals surface area contributed by atoms with E-state index in [9.17, 15) is 9.90 Å². The molecule has 5 heteroatoms. The summed E-state index contributed by atoms with van der Waals surface area (Å²) in [6.45, 7) is 6.07. The van der Waals surface area contributed by atoms with Crippen LogP contribution in [0.4, 0.5) is 5.69 Å². The van der Waals surface area contributed by atoms with Gasteiger partial charge in [0.15, 0.2) is 0 Å². The van der Waals surface area contributed by atoms with Crippen LogP contribution in [0.25, 0.3) is 0 Å². The summed E-state index contributed by atoms with van der Waals surface area (Å²) in [4.78, 5) is 14.3. The van der Waals surface area contributed by atoms with Gasteiger partial charge in [-0.2, -0.15) is 0 Å². The Morgan fingerprint density at radius 2 is 2.05 bits per heavy atom. The second-order valence-corrected chi connectivity index (χ2v) is 5.31. The fourth-order valence-electron chi connectivity index (χ4n) is 2.11. The molecule has 0 fully saturated rings. The van der Waals surface area contributed by atoms with Crippen LogP contribution < -0.4 is 5.73 Å². The smallest absolute Gasteiger partial charge is 0.256 e. The molecule has 3 N–H and O–H groups in total. The molecule has 0 aliphatic carbocycles. The van der Waals surface area contributed by atoms with E-state index in [0.717, 1.165) is 5.76 Å². The van der Waals surface area contributed by atoms with Gasteiger partial charge < -0.3 is 20.2 Å². The van der Waals surface area contributed by atoms with Crippen molar-refractivity contribution in [2.45, 2.75) is 33.4 Å². The molecule has 0 spiro atoms. The average Bonchev–Trinajstić information content (AvgIpc) is 2.83. The third kappa shape index (κ3) is 3.37. The Balaban J connectivity index is 2.29. The molecule has 2 rings (SSSR count). The highest BCUT2D eigenvalue weighted by Crippen LogP contribution is 2.22. The van der Waals surface area contributed by atoms with Crippen molar-refractivity contribution in [2.24, 2.45) is 0 Å². The third-order valence-electron chi connectivity index (χ3n) is 3.27. The van der Waals surface area contributed by atoms with Gasteiger partial charge >= 0.3 is 0 Å². The van der Waals surface area contributed by atoms with Gasteiger partial charge in [-0.05, 0) is 51.1 Å². The summed E-state index contributed by atoms with van der Waals surface area (Å²) in [5.41, 5.74) is 6.49. The minimum atomic E-state index is -0.229. The molecule has 1 amide bonds. The summed E-state index contributed by atoms with van der Waals surface area (Å²) in [6.07, 6.45) is 0. The maximum atomic E-state index is 12.7. The largest absolute Gasteiger partial charge is 0.508 e. The molecule has 0 aliphatic heterocycles. The summed E-state index contributed by atoms with van der Waals surface area (Å²) in [5.74, 6) is 1.31. The highest BCUT2D eigenvalue weighted by molar-refractivity contribution is 5.99. The Hall–Kier alpha value is -2.43. The Morgan fingerprint density at radius 1 is 1.33 bits per heavy atom. The lowest BCUT2D eigenvalue weighted by atomic mass is 10.1. The van der Waals surface area contributed by atoms with E-state index in [1.807, 2.05) is 32.9 Å². The topological polar surface area (TPSA) is 79.7 Å². The van der Waals surface area contributed by atoms with Crippen molar-refractivity contribution in [1.82, 2.24) is 4.90 Å². The second kappa shape index (κ2) is 5.91. The van der Waals surface area contributed by atoms with E-state index < -0.39 is 0 Å². The van der Waals surface area contributed by atoms with E-state index in [1.165, 1.54) is 18.2 Å². The third-order valence-corrected chi connectivity index (χ3v) is 3.27. The molecule has 1 aromatic carbocycles. The van der Waals surface area contributed by atoms with E-state index in [4.69, 9.17) is 10.2 Å². The molecule has 0 bridgehead atoms. The van der Waals surface area contributed by atoms with Crippen LogP contribution in [-0.2, 0) is 6.54 Å². The van der Waals surface area contributed by atoms with Crippen LogP contribution in [0.2, 0.25) is 0 Å². The van der Waals surface area contributed by atoms with Gasteiger partial charge in [-0.1, -0.05) is 0 Å². The number of furan rings is 1. The van der Waals surface area contributed by atoms with Gasteiger partial charge in [0, 0.05) is 11.7 Å². The molecule has 0 unspecified atom stereocenters. The summed E-state index contributed by atoms with van der Waals surface area (Å²) >= 11 is 0. The molecule has 112 valence electrons. The standard InChI is InChI=1S/C16H20N2O3/c1-10(2)18(9-13-6-4-11(3)21-13)16(20)14-8-12(19)5-7-15(14)17/h4-8,10,19H,9,17H2,1-3H3. The number of phenolic OH excluding ortho intramolecular Hbond substituents is 1. The van der Waals surface area contributed by atoms with Crippen molar-refractivity contribution in [3.8, 4) is 5.75 Å². The first-order valence-electron chi connectivity index (χ1n) is 6.83. The summed E-state index contributed by atoms with van der Waals surface area (Å²) in [6, 6.07) is 8.06. The van der Waals surface area contributed by atoms with Gasteiger partial charge in [-0.15, -0.1) is 0 Å². The predicted molar refractivity (Wildman–Crippen MR) is 81.0 cm³/mol. The van der Waals surface area contributed by atoms with Crippen LogP contribution >= 0.6 is 0 Å². The zero-order valence-corrected chi connectivity index (χ0v) is 12.5.